The van der Waals surface area contributed by atoms with Crippen molar-refractivity contribution in [2.45, 2.75) is 32.4 Å². The van der Waals surface area contributed by atoms with E-state index >= 15 is 0 Å². The van der Waals surface area contributed by atoms with Crippen molar-refractivity contribution in [3.63, 3.8) is 0 Å². The van der Waals surface area contributed by atoms with Gasteiger partial charge in [0.1, 0.15) is 17.4 Å². The first-order chi connectivity index (χ1) is 8.46. The molecule has 0 aliphatic rings. The Morgan fingerprint density at radius 2 is 2.17 bits per heavy atom. The molecule has 0 bridgehead atoms. The number of aromatic nitrogens is 3. The van der Waals surface area contributed by atoms with Crippen LogP contribution in [0.5, 0.6) is 0 Å². The third-order valence-electron chi connectivity index (χ3n) is 2.66. The third kappa shape index (κ3) is 3.54. The van der Waals surface area contributed by atoms with E-state index in [0.717, 1.165) is 17.8 Å². The Balaban J connectivity index is 1.98. The summed E-state index contributed by atoms with van der Waals surface area (Å²) in [4.78, 5) is 8.46. The lowest BCUT2D eigenvalue weighted by Crippen LogP contribution is -2.22. The fraction of sp³-hybridized carbons (Fsp3) is 0.500. The van der Waals surface area contributed by atoms with Gasteiger partial charge >= 0.3 is 0 Å². The highest BCUT2D eigenvalue weighted by molar-refractivity contribution is 6.76. The van der Waals surface area contributed by atoms with Crippen molar-refractivity contribution in [2.75, 3.05) is 6.61 Å². The molecule has 0 aliphatic carbocycles. The van der Waals surface area contributed by atoms with Crippen LogP contribution in [-0.4, -0.2) is 29.2 Å². The van der Waals surface area contributed by atoms with Gasteiger partial charge in [-0.25, -0.2) is 9.97 Å². The molecule has 0 N–H and O–H groups in total. The number of nitrogens with zero attached hydrogens (tertiary/aromatic N) is 3. The molecule has 4 nitrogen and oxygen atoms in total. The first kappa shape index (κ1) is 13.5. The molecule has 0 unspecified atom stereocenters. The molecule has 0 saturated heterocycles. The molecule has 2 heterocycles. The minimum atomic E-state index is -1.03. The van der Waals surface area contributed by atoms with E-state index in [1.165, 1.54) is 6.04 Å². The summed E-state index contributed by atoms with van der Waals surface area (Å²) in [6.07, 6.45) is 3.48. The summed E-state index contributed by atoms with van der Waals surface area (Å²) in [5, 5.41) is 0.407. The summed E-state index contributed by atoms with van der Waals surface area (Å²) >= 11 is 5.85. The smallest absolute Gasteiger partial charge is 0.162 e. The molecule has 2 aromatic heterocycles. The normalized spacial score (nSPS) is 12.2. The van der Waals surface area contributed by atoms with Gasteiger partial charge in [-0.3, -0.25) is 0 Å². The number of hydrogen-bond acceptors (Lipinski definition) is 3. The van der Waals surface area contributed by atoms with Gasteiger partial charge in [0.2, 0.25) is 0 Å². The highest BCUT2D eigenvalue weighted by Crippen LogP contribution is 2.14. The molecule has 0 aromatic carbocycles. The first-order valence-electron chi connectivity index (χ1n) is 6.01. The molecule has 6 heteroatoms. The van der Waals surface area contributed by atoms with Crippen LogP contribution in [0.3, 0.4) is 0 Å². The summed E-state index contributed by atoms with van der Waals surface area (Å²) < 4.78 is 7.62. The van der Waals surface area contributed by atoms with E-state index in [9.17, 15) is 0 Å². The van der Waals surface area contributed by atoms with Crippen molar-refractivity contribution in [3.05, 3.63) is 23.6 Å². The Labute approximate surface area is 113 Å². The van der Waals surface area contributed by atoms with Crippen molar-refractivity contribution in [3.8, 4) is 0 Å². The van der Waals surface area contributed by atoms with Crippen molar-refractivity contribution in [1.29, 1.82) is 0 Å². The summed E-state index contributed by atoms with van der Waals surface area (Å²) in [6.45, 7) is 8.32. The first-order valence-corrected chi connectivity index (χ1v) is 10.1. The van der Waals surface area contributed by atoms with Crippen LogP contribution >= 0.6 is 11.6 Å². The average Bonchev–Trinajstić information content (AvgIpc) is 2.66. The van der Waals surface area contributed by atoms with Crippen LogP contribution in [0.1, 0.15) is 0 Å². The standard InChI is InChI=1S/C12H18ClN3OSi/c1-18(2,3)7-6-17-9-16-5-4-10-12(16)15-11(13)8-14-10/h4-5,8H,6-7,9H2,1-3H3. The molecule has 0 atom stereocenters. The minimum absolute atomic E-state index is 0.407. The molecule has 2 aromatic rings. The maximum atomic E-state index is 5.85. The van der Waals surface area contributed by atoms with Crippen molar-refractivity contribution >= 4 is 30.8 Å². The van der Waals surface area contributed by atoms with Crippen molar-refractivity contribution in [2.24, 2.45) is 0 Å². The van der Waals surface area contributed by atoms with Gasteiger partial charge < -0.3 is 9.30 Å². The SMILES string of the molecule is C[Si](C)(C)CCOCn1ccc2ncc(Cl)nc21. The molecule has 0 fully saturated rings. The minimum Gasteiger partial charge on any atom is -0.361 e. The summed E-state index contributed by atoms with van der Waals surface area (Å²) in [5.74, 6) is 0. The third-order valence-corrected chi connectivity index (χ3v) is 4.55. The molecule has 0 radical (unpaired) electrons. The summed E-state index contributed by atoms with van der Waals surface area (Å²) in [5.41, 5.74) is 1.61. The molecule has 18 heavy (non-hydrogen) atoms. The fourth-order valence-electron chi connectivity index (χ4n) is 1.57. The summed E-state index contributed by atoms with van der Waals surface area (Å²) in [7, 11) is -1.03. The highest BCUT2D eigenvalue weighted by atomic mass is 35.5. The Kier molecular flexibility index (Phi) is 4.04. The van der Waals surface area contributed by atoms with Crippen LogP contribution in [0.2, 0.25) is 30.8 Å². The lowest BCUT2D eigenvalue weighted by Gasteiger charge is -2.15. The number of halogens is 1. The lowest BCUT2D eigenvalue weighted by atomic mass is 10.5. The van der Waals surface area contributed by atoms with Crippen LogP contribution in [0.25, 0.3) is 11.2 Å². The van der Waals surface area contributed by atoms with Crippen LogP contribution in [-0.2, 0) is 11.5 Å². The van der Waals surface area contributed by atoms with Crippen LogP contribution in [0.4, 0.5) is 0 Å². The van der Waals surface area contributed by atoms with Gasteiger partial charge in [0.15, 0.2) is 5.65 Å². The Morgan fingerprint density at radius 3 is 2.89 bits per heavy atom. The average molecular weight is 284 g/mol. The second-order valence-electron chi connectivity index (χ2n) is 5.54. The lowest BCUT2D eigenvalue weighted by molar-refractivity contribution is 0.0899. The van der Waals surface area contributed by atoms with Crippen molar-refractivity contribution < 1.29 is 4.74 Å². The van der Waals surface area contributed by atoms with Gasteiger partial charge in [-0.2, -0.15) is 0 Å². The molecule has 2 rings (SSSR count). The predicted molar refractivity (Wildman–Crippen MR) is 76.6 cm³/mol. The van der Waals surface area contributed by atoms with Gasteiger partial charge in [0, 0.05) is 20.9 Å². The highest BCUT2D eigenvalue weighted by Gasteiger charge is 2.12. The fourth-order valence-corrected chi connectivity index (χ4v) is 2.46. The van der Waals surface area contributed by atoms with Crippen LogP contribution in [0.15, 0.2) is 18.5 Å². The predicted octanol–water partition coefficient (Wildman–Crippen LogP) is 3.40. The Morgan fingerprint density at radius 1 is 1.39 bits per heavy atom. The van der Waals surface area contributed by atoms with Gasteiger partial charge in [-0.05, 0) is 12.1 Å². The molecular weight excluding hydrogens is 266 g/mol. The van der Waals surface area contributed by atoms with E-state index < -0.39 is 8.07 Å². The zero-order valence-electron chi connectivity index (χ0n) is 11.0. The molecule has 0 amide bonds. The van der Waals surface area contributed by atoms with E-state index in [2.05, 4.69) is 29.6 Å². The van der Waals surface area contributed by atoms with E-state index in [4.69, 9.17) is 16.3 Å². The maximum absolute atomic E-state index is 5.85. The van der Waals surface area contributed by atoms with Crippen molar-refractivity contribution in [1.82, 2.24) is 14.5 Å². The molecule has 0 saturated carbocycles. The monoisotopic (exact) mass is 283 g/mol. The van der Waals surface area contributed by atoms with Gasteiger partial charge in [0.05, 0.1) is 6.20 Å². The second kappa shape index (κ2) is 5.38. The Bertz CT molecular complexity index is 536. The largest absolute Gasteiger partial charge is 0.361 e. The zero-order chi connectivity index (χ0) is 13.2. The van der Waals surface area contributed by atoms with E-state index in [1.54, 1.807) is 6.20 Å². The topological polar surface area (TPSA) is 39.9 Å². The van der Waals surface area contributed by atoms with Gasteiger partial charge in [-0.1, -0.05) is 31.2 Å². The zero-order valence-corrected chi connectivity index (χ0v) is 12.7. The van der Waals surface area contributed by atoms with Gasteiger partial charge in [-0.15, -0.1) is 0 Å². The molecule has 0 aliphatic heterocycles. The molecule has 98 valence electrons. The molecule has 0 spiro atoms. The van der Waals surface area contributed by atoms with Crippen LogP contribution < -0.4 is 0 Å². The number of rotatable bonds is 5. The summed E-state index contributed by atoms with van der Waals surface area (Å²) in [6, 6.07) is 3.08. The van der Waals surface area contributed by atoms with E-state index in [0.29, 0.717) is 11.9 Å². The van der Waals surface area contributed by atoms with Crippen LogP contribution in [0, 0.1) is 0 Å². The van der Waals surface area contributed by atoms with Gasteiger partial charge in [0.25, 0.3) is 0 Å². The van der Waals surface area contributed by atoms with E-state index in [-0.39, 0.29) is 0 Å². The second-order valence-corrected chi connectivity index (χ2v) is 11.5. The Hall–Kier alpha value is -0.913. The van der Waals surface area contributed by atoms with E-state index in [1.807, 2.05) is 16.8 Å². The quantitative estimate of drug-likeness (QED) is 0.624. The number of hydrogen-bond donors (Lipinski definition) is 0. The molecular formula is C12H18ClN3OSi. The number of fused-ring (bicyclic) bond motifs is 1. The number of ether oxygens (including phenoxy) is 1. The maximum Gasteiger partial charge on any atom is 0.162 e.